The van der Waals surface area contributed by atoms with Crippen LogP contribution in [0.2, 0.25) is 0 Å². The van der Waals surface area contributed by atoms with Gasteiger partial charge in [-0.05, 0) is 48.5 Å². The molecule has 2 aromatic carbocycles. The third-order valence-electron chi connectivity index (χ3n) is 4.31. The average Bonchev–Trinajstić information content (AvgIpc) is 2.73. The molecule has 0 bridgehead atoms. The first-order chi connectivity index (χ1) is 14.5. The van der Waals surface area contributed by atoms with E-state index in [1.165, 1.54) is 13.8 Å². The zero-order chi connectivity index (χ0) is 21.1. The van der Waals surface area contributed by atoms with Crippen molar-refractivity contribution in [1.29, 1.82) is 0 Å². The highest BCUT2D eigenvalue weighted by Gasteiger charge is 2.12. The molecule has 2 aromatic heterocycles. The smallest absolute Gasteiger partial charge is 0.221 e. The molecule has 0 atom stereocenters. The molecule has 0 aliphatic carbocycles. The molecule has 2 N–H and O–H groups in total. The van der Waals surface area contributed by atoms with Crippen molar-refractivity contribution in [2.24, 2.45) is 0 Å². The molecule has 6 nitrogen and oxygen atoms in total. The molecule has 150 valence electrons. The number of carbonyl (C=O) groups is 2. The van der Waals surface area contributed by atoms with Crippen LogP contribution in [0.1, 0.15) is 13.8 Å². The van der Waals surface area contributed by atoms with Crippen LogP contribution in [-0.2, 0) is 9.59 Å². The van der Waals surface area contributed by atoms with Crippen LogP contribution in [0, 0.1) is 0 Å². The number of nitrogens with one attached hydrogen (secondary N) is 2. The standard InChI is InChI=1S/C22H18N4O2S2/c1-13(27)25-17-7-9-19(21-15(17)5-3-11-23-21)29-30-20-10-8-18(26-14(2)28)16-6-4-12-24-22(16)20/h3-12H,1-2H3,(H,25,27)(H,26,28). The Morgan fingerprint density at radius 3 is 1.53 bits per heavy atom. The van der Waals surface area contributed by atoms with Gasteiger partial charge in [0, 0.05) is 46.8 Å². The fourth-order valence-electron chi connectivity index (χ4n) is 3.12. The van der Waals surface area contributed by atoms with Gasteiger partial charge >= 0.3 is 0 Å². The number of aromatic nitrogens is 2. The van der Waals surface area contributed by atoms with Gasteiger partial charge in [0.05, 0.1) is 22.4 Å². The summed E-state index contributed by atoms with van der Waals surface area (Å²) < 4.78 is 0. The molecule has 0 saturated carbocycles. The lowest BCUT2D eigenvalue weighted by molar-refractivity contribution is -0.115. The Balaban J connectivity index is 1.67. The number of pyridine rings is 2. The lowest BCUT2D eigenvalue weighted by Gasteiger charge is -2.12. The number of hydrogen-bond donors (Lipinski definition) is 2. The Hall–Kier alpha value is -3.10. The molecule has 2 heterocycles. The highest BCUT2D eigenvalue weighted by molar-refractivity contribution is 8.76. The number of amides is 2. The van der Waals surface area contributed by atoms with Crippen molar-refractivity contribution < 1.29 is 9.59 Å². The van der Waals surface area contributed by atoms with Crippen LogP contribution in [0.4, 0.5) is 11.4 Å². The average molecular weight is 435 g/mol. The summed E-state index contributed by atoms with van der Waals surface area (Å²) in [5.74, 6) is -0.238. The van der Waals surface area contributed by atoms with Crippen molar-refractivity contribution in [3.8, 4) is 0 Å². The van der Waals surface area contributed by atoms with E-state index in [1.807, 2.05) is 48.5 Å². The van der Waals surface area contributed by atoms with Gasteiger partial charge in [-0.1, -0.05) is 21.6 Å². The van der Waals surface area contributed by atoms with E-state index >= 15 is 0 Å². The number of rotatable bonds is 5. The number of fused-ring (bicyclic) bond motifs is 2. The van der Waals surface area contributed by atoms with E-state index in [0.717, 1.165) is 43.0 Å². The Morgan fingerprint density at radius 2 is 1.13 bits per heavy atom. The van der Waals surface area contributed by atoms with Gasteiger partial charge in [0.15, 0.2) is 0 Å². The Morgan fingerprint density at radius 1 is 0.700 bits per heavy atom. The summed E-state index contributed by atoms with van der Waals surface area (Å²) in [6.07, 6.45) is 3.49. The number of nitrogens with zero attached hydrogens (tertiary/aromatic N) is 2. The predicted molar refractivity (Wildman–Crippen MR) is 124 cm³/mol. The Kier molecular flexibility index (Phi) is 5.87. The monoisotopic (exact) mass is 434 g/mol. The molecule has 0 radical (unpaired) electrons. The highest BCUT2D eigenvalue weighted by atomic mass is 33.1. The molecule has 4 rings (SSSR count). The van der Waals surface area contributed by atoms with E-state index in [-0.39, 0.29) is 11.8 Å². The number of benzene rings is 2. The van der Waals surface area contributed by atoms with Gasteiger partial charge in [0.25, 0.3) is 0 Å². The van der Waals surface area contributed by atoms with Crippen molar-refractivity contribution in [2.75, 3.05) is 10.6 Å². The van der Waals surface area contributed by atoms with E-state index in [2.05, 4.69) is 20.6 Å². The van der Waals surface area contributed by atoms with Gasteiger partial charge in [-0.15, -0.1) is 0 Å². The molecule has 0 fully saturated rings. The summed E-state index contributed by atoms with van der Waals surface area (Å²) in [6.45, 7) is 2.98. The van der Waals surface area contributed by atoms with Crippen LogP contribution in [0.5, 0.6) is 0 Å². The Labute approximate surface area is 181 Å². The van der Waals surface area contributed by atoms with Gasteiger partial charge in [-0.3, -0.25) is 19.6 Å². The SMILES string of the molecule is CC(=O)Nc1ccc(SSc2ccc(NC(C)=O)c3cccnc23)c2ncccc12. The predicted octanol–water partition coefficient (Wildman–Crippen LogP) is 5.50. The Bertz CT molecular complexity index is 1180. The van der Waals surface area contributed by atoms with E-state index in [9.17, 15) is 9.59 Å². The molecule has 30 heavy (non-hydrogen) atoms. The van der Waals surface area contributed by atoms with Crippen LogP contribution in [0.25, 0.3) is 21.8 Å². The van der Waals surface area contributed by atoms with Crippen LogP contribution >= 0.6 is 21.6 Å². The summed E-state index contributed by atoms with van der Waals surface area (Å²) in [5, 5.41) is 7.49. The summed E-state index contributed by atoms with van der Waals surface area (Å²) >= 11 is 0. The fourth-order valence-corrected chi connectivity index (χ4v) is 5.37. The van der Waals surface area contributed by atoms with Gasteiger partial charge in [0.1, 0.15) is 0 Å². The maximum absolute atomic E-state index is 11.5. The highest BCUT2D eigenvalue weighted by Crippen LogP contribution is 2.44. The van der Waals surface area contributed by atoms with Crippen molar-refractivity contribution in [1.82, 2.24) is 9.97 Å². The minimum Gasteiger partial charge on any atom is -0.326 e. The zero-order valence-corrected chi connectivity index (χ0v) is 17.9. The molecule has 0 saturated heterocycles. The molecule has 4 aromatic rings. The summed E-state index contributed by atoms with van der Waals surface area (Å²) in [5.41, 5.74) is 3.14. The van der Waals surface area contributed by atoms with Crippen LogP contribution in [0.15, 0.2) is 70.7 Å². The van der Waals surface area contributed by atoms with Crippen molar-refractivity contribution in [3.05, 3.63) is 60.9 Å². The maximum atomic E-state index is 11.5. The van der Waals surface area contributed by atoms with Gasteiger partial charge < -0.3 is 10.6 Å². The second kappa shape index (κ2) is 8.73. The third-order valence-corrected chi connectivity index (χ3v) is 6.74. The minimum absolute atomic E-state index is 0.119. The van der Waals surface area contributed by atoms with Gasteiger partial charge in [-0.25, -0.2) is 0 Å². The number of hydrogen-bond acceptors (Lipinski definition) is 6. The minimum atomic E-state index is -0.119. The first kappa shape index (κ1) is 20.2. The molecule has 2 amide bonds. The molecule has 0 unspecified atom stereocenters. The fraction of sp³-hybridized carbons (Fsp3) is 0.0909. The van der Waals surface area contributed by atoms with Crippen molar-refractivity contribution in [2.45, 2.75) is 23.6 Å². The quantitative estimate of drug-likeness (QED) is 0.404. The zero-order valence-electron chi connectivity index (χ0n) is 16.3. The molecule has 0 aliphatic heterocycles. The lowest BCUT2D eigenvalue weighted by atomic mass is 10.2. The van der Waals surface area contributed by atoms with E-state index in [0.29, 0.717) is 0 Å². The third kappa shape index (κ3) is 4.24. The number of anilines is 2. The van der Waals surface area contributed by atoms with Gasteiger partial charge in [-0.2, -0.15) is 0 Å². The molecular formula is C22H18N4O2S2. The lowest BCUT2D eigenvalue weighted by Crippen LogP contribution is -2.06. The van der Waals surface area contributed by atoms with E-state index < -0.39 is 0 Å². The summed E-state index contributed by atoms with van der Waals surface area (Å²) in [6, 6.07) is 15.3. The summed E-state index contributed by atoms with van der Waals surface area (Å²) in [4.78, 5) is 34.0. The van der Waals surface area contributed by atoms with E-state index in [4.69, 9.17) is 0 Å². The normalized spacial score (nSPS) is 10.9. The van der Waals surface area contributed by atoms with Crippen molar-refractivity contribution >= 4 is 66.6 Å². The topological polar surface area (TPSA) is 84.0 Å². The van der Waals surface area contributed by atoms with Crippen LogP contribution in [-0.4, -0.2) is 21.8 Å². The van der Waals surface area contributed by atoms with Crippen molar-refractivity contribution in [3.63, 3.8) is 0 Å². The molecule has 8 heteroatoms. The first-order valence-electron chi connectivity index (χ1n) is 9.18. The maximum Gasteiger partial charge on any atom is 0.221 e. The van der Waals surface area contributed by atoms with Crippen LogP contribution in [0.3, 0.4) is 0 Å². The molecule has 0 spiro atoms. The van der Waals surface area contributed by atoms with Gasteiger partial charge in [0.2, 0.25) is 11.8 Å². The second-order valence-corrected chi connectivity index (χ2v) is 8.76. The largest absolute Gasteiger partial charge is 0.326 e. The molecule has 0 aliphatic rings. The summed E-state index contributed by atoms with van der Waals surface area (Å²) in [7, 11) is 3.16. The molecular weight excluding hydrogens is 416 g/mol. The van der Waals surface area contributed by atoms with Crippen LogP contribution < -0.4 is 10.6 Å². The van der Waals surface area contributed by atoms with E-state index in [1.54, 1.807) is 34.0 Å². The first-order valence-corrected chi connectivity index (χ1v) is 11.3. The number of carbonyl (C=O) groups excluding carboxylic acids is 2. The second-order valence-electron chi connectivity index (χ2n) is 6.55.